The first kappa shape index (κ1) is 15.5. The summed E-state index contributed by atoms with van der Waals surface area (Å²) in [6.07, 6.45) is 0.895. The molecule has 1 aliphatic rings. The molecule has 1 unspecified atom stereocenters. The van der Waals surface area contributed by atoms with E-state index in [0.29, 0.717) is 18.0 Å². The highest BCUT2D eigenvalue weighted by Crippen LogP contribution is 2.36. The predicted octanol–water partition coefficient (Wildman–Crippen LogP) is 2.15. The number of amides is 1. The van der Waals surface area contributed by atoms with Gasteiger partial charge in [0.05, 0.1) is 17.0 Å². The van der Waals surface area contributed by atoms with Crippen LogP contribution in [0, 0.1) is 22.7 Å². The quantitative estimate of drug-likeness (QED) is 0.922. The third-order valence-corrected chi connectivity index (χ3v) is 4.54. The molecular formula is C17H23N3O. The van der Waals surface area contributed by atoms with Gasteiger partial charge in [-0.1, -0.05) is 26.0 Å². The van der Waals surface area contributed by atoms with Gasteiger partial charge in [-0.2, -0.15) is 5.26 Å². The maximum atomic E-state index is 12.9. The highest BCUT2D eigenvalue weighted by Gasteiger charge is 2.45. The lowest BCUT2D eigenvalue weighted by Crippen LogP contribution is -2.46. The summed E-state index contributed by atoms with van der Waals surface area (Å²) in [4.78, 5) is 14.7. The fourth-order valence-electron chi connectivity index (χ4n) is 3.10. The lowest BCUT2D eigenvalue weighted by Gasteiger charge is -2.35. The highest BCUT2D eigenvalue weighted by molar-refractivity contribution is 5.83. The molecule has 1 aromatic carbocycles. The van der Waals surface area contributed by atoms with Crippen LogP contribution in [0.5, 0.6) is 0 Å². The van der Waals surface area contributed by atoms with Crippen LogP contribution >= 0.6 is 0 Å². The minimum absolute atomic E-state index is 0.199. The molecular weight excluding hydrogens is 262 g/mol. The second-order valence-corrected chi connectivity index (χ2v) is 6.21. The van der Waals surface area contributed by atoms with Gasteiger partial charge in [0, 0.05) is 20.1 Å². The number of hydrogen-bond donors (Lipinski definition) is 1. The maximum Gasteiger partial charge on any atom is 0.230 e. The molecule has 1 aliphatic heterocycles. The number of carbonyl (C=O) groups is 1. The minimum atomic E-state index is -0.290. The fourth-order valence-corrected chi connectivity index (χ4v) is 3.10. The summed E-state index contributed by atoms with van der Waals surface area (Å²) in [5, 5.41) is 12.3. The summed E-state index contributed by atoms with van der Waals surface area (Å²) in [6.45, 7) is 6.45. The molecule has 1 aromatic rings. The van der Waals surface area contributed by atoms with Gasteiger partial charge in [0.1, 0.15) is 0 Å². The number of hydrogen-bond acceptors (Lipinski definition) is 3. The molecule has 1 fully saturated rings. The van der Waals surface area contributed by atoms with Crippen LogP contribution in [0.2, 0.25) is 0 Å². The number of benzene rings is 1. The van der Waals surface area contributed by atoms with E-state index in [1.807, 2.05) is 25.2 Å². The lowest BCUT2D eigenvalue weighted by atomic mass is 9.75. The number of carbonyl (C=O) groups excluding carboxylic acids is 1. The molecule has 1 heterocycles. The summed E-state index contributed by atoms with van der Waals surface area (Å²) >= 11 is 0. The summed E-state index contributed by atoms with van der Waals surface area (Å²) in [7, 11) is 1.85. The lowest BCUT2D eigenvalue weighted by molar-refractivity contribution is -0.142. The molecule has 0 bridgehead atoms. The third kappa shape index (κ3) is 3.08. The molecule has 112 valence electrons. The molecule has 1 amide bonds. The SMILES string of the molecule is CC(C)C1(C(=O)N(C)Cc2cccc(C#N)c2)CCNC1. The van der Waals surface area contributed by atoms with E-state index in [0.717, 1.165) is 25.1 Å². The van der Waals surface area contributed by atoms with Gasteiger partial charge >= 0.3 is 0 Å². The molecule has 4 nitrogen and oxygen atoms in total. The zero-order chi connectivity index (χ0) is 15.5. The summed E-state index contributed by atoms with van der Waals surface area (Å²) in [6, 6.07) is 9.58. The summed E-state index contributed by atoms with van der Waals surface area (Å²) in [5.74, 6) is 0.512. The molecule has 0 aromatic heterocycles. The minimum Gasteiger partial charge on any atom is -0.341 e. The molecule has 21 heavy (non-hydrogen) atoms. The van der Waals surface area contributed by atoms with E-state index in [-0.39, 0.29) is 11.3 Å². The molecule has 0 saturated carbocycles. The van der Waals surface area contributed by atoms with Crippen LogP contribution in [0.15, 0.2) is 24.3 Å². The van der Waals surface area contributed by atoms with Crippen molar-refractivity contribution in [2.24, 2.45) is 11.3 Å². The zero-order valence-corrected chi connectivity index (χ0v) is 13.0. The molecule has 1 atom stereocenters. The van der Waals surface area contributed by atoms with Gasteiger partial charge in [0.2, 0.25) is 5.91 Å². The molecule has 0 radical (unpaired) electrons. The van der Waals surface area contributed by atoms with Gasteiger partial charge in [0.25, 0.3) is 0 Å². The van der Waals surface area contributed by atoms with E-state index in [1.54, 1.807) is 11.0 Å². The van der Waals surface area contributed by atoms with Crippen molar-refractivity contribution in [3.8, 4) is 6.07 Å². The van der Waals surface area contributed by atoms with Gasteiger partial charge in [-0.25, -0.2) is 0 Å². The Hall–Kier alpha value is -1.86. The van der Waals surface area contributed by atoms with Gasteiger partial charge in [-0.3, -0.25) is 4.79 Å². The van der Waals surface area contributed by atoms with Gasteiger partial charge in [-0.15, -0.1) is 0 Å². The molecule has 4 heteroatoms. The van der Waals surface area contributed by atoms with Gasteiger partial charge < -0.3 is 10.2 Å². The third-order valence-electron chi connectivity index (χ3n) is 4.54. The van der Waals surface area contributed by atoms with Crippen molar-refractivity contribution in [1.29, 1.82) is 5.26 Å². The first-order valence-corrected chi connectivity index (χ1v) is 7.45. The van der Waals surface area contributed by atoms with E-state index in [9.17, 15) is 4.79 Å². The van der Waals surface area contributed by atoms with Crippen molar-refractivity contribution in [3.05, 3.63) is 35.4 Å². The Morgan fingerprint density at radius 3 is 2.86 bits per heavy atom. The number of rotatable bonds is 4. The van der Waals surface area contributed by atoms with E-state index in [2.05, 4.69) is 25.2 Å². The van der Waals surface area contributed by atoms with E-state index in [4.69, 9.17) is 5.26 Å². The molecule has 0 aliphatic carbocycles. The Balaban J connectivity index is 2.13. The average Bonchev–Trinajstić information content (AvgIpc) is 2.97. The van der Waals surface area contributed by atoms with Crippen LogP contribution in [-0.2, 0) is 11.3 Å². The van der Waals surface area contributed by atoms with Crippen molar-refractivity contribution < 1.29 is 4.79 Å². The maximum absolute atomic E-state index is 12.9. The monoisotopic (exact) mass is 285 g/mol. The molecule has 1 saturated heterocycles. The number of nitriles is 1. The summed E-state index contributed by atoms with van der Waals surface area (Å²) < 4.78 is 0. The van der Waals surface area contributed by atoms with E-state index in [1.165, 1.54) is 0 Å². The van der Waals surface area contributed by atoms with Crippen LogP contribution in [0.4, 0.5) is 0 Å². The van der Waals surface area contributed by atoms with Crippen molar-refractivity contribution in [3.63, 3.8) is 0 Å². The molecule has 2 rings (SSSR count). The van der Waals surface area contributed by atoms with Gasteiger partial charge in [0.15, 0.2) is 0 Å². The van der Waals surface area contributed by atoms with Crippen molar-refractivity contribution in [2.75, 3.05) is 20.1 Å². The normalized spacial score (nSPS) is 21.3. The summed E-state index contributed by atoms with van der Waals surface area (Å²) in [5.41, 5.74) is 1.34. The van der Waals surface area contributed by atoms with Crippen molar-refractivity contribution in [1.82, 2.24) is 10.2 Å². The Morgan fingerprint density at radius 2 is 2.29 bits per heavy atom. The van der Waals surface area contributed by atoms with Crippen LogP contribution in [0.3, 0.4) is 0 Å². The number of nitrogens with zero attached hydrogens (tertiary/aromatic N) is 2. The predicted molar refractivity (Wildman–Crippen MR) is 82.4 cm³/mol. The first-order valence-electron chi connectivity index (χ1n) is 7.45. The number of nitrogens with one attached hydrogen (secondary N) is 1. The second kappa shape index (κ2) is 6.28. The van der Waals surface area contributed by atoms with Gasteiger partial charge in [-0.05, 0) is 36.6 Å². The van der Waals surface area contributed by atoms with Crippen LogP contribution in [0.25, 0.3) is 0 Å². The Morgan fingerprint density at radius 1 is 1.52 bits per heavy atom. The van der Waals surface area contributed by atoms with Crippen molar-refractivity contribution >= 4 is 5.91 Å². The molecule has 1 N–H and O–H groups in total. The van der Waals surface area contributed by atoms with Crippen molar-refractivity contribution in [2.45, 2.75) is 26.8 Å². The van der Waals surface area contributed by atoms with E-state index >= 15 is 0 Å². The standard InChI is InChI=1S/C17H23N3O/c1-13(2)17(7-8-19-12-17)16(21)20(3)11-15-6-4-5-14(9-15)10-18/h4-6,9,13,19H,7-8,11-12H2,1-3H3. The topological polar surface area (TPSA) is 56.1 Å². The van der Waals surface area contributed by atoms with Crippen LogP contribution < -0.4 is 5.32 Å². The highest BCUT2D eigenvalue weighted by atomic mass is 16.2. The zero-order valence-electron chi connectivity index (χ0n) is 13.0. The largest absolute Gasteiger partial charge is 0.341 e. The first-order chi connectivity index (χ1) is 9.99. The second-order valence-electron chi connectivity index (χ2n) is 6.21. The molecule has 0 spiro atoms. The Kier molecular flexibility index (Phi) is 4.64. The average molecular weight is 285 g/mol. The Labute approximate surface area is 126 Å². The Bertz CT molecular complexity index is 553. The van der Waals surface area contributed by atoms with Crippen LogP contribution in [0.1, 0.15) is 31.4 Å². The van der Waals surface area contributed by atoms with Crippen LogP contribution in [-0.4, -0.2) is 30.9 Å². The van der Waals surface area contributed by atoms with E-state index < -0.39 is 0 Å². The fraction of sp³-hybridized carbons (Fsp3) is 0.529. The smallest absolute Gasteiger partial charge is 0.230 e.